The summed E-state index contributed by atoms with van der Waals surface area (Å²) >= 11 is 1.70. The molecule has 7 nitrogen and oxygen atoms in total. The van der Waals surface area contributed by atoms with Crippen molar-refractivity contribution in [1.29, 1.82) is 0 Å². The van der Waals surface area contributed by atoms with Crippen molar-refractivity contribution in [3.05, 3.63) is 66.1 Å². The third-order valence-electron chi connectivity index (χ3n) is 4.71. The van der Waals surface area contributed by atoms with Gasteiger partial charge in [-0.05, 0) is 70.4 Å². The van der Waals surface area contributed by atoms with Gasteiger partial charge in [0, 0.05) is 23.4 Å². The average molecular weight is 455 g/mol. The van der Waals surface area contributed by atoms with E-state index in [0.29, 0.717) is 30.5 Å². The topological polar surface area (TPSA) is 80.5 Å². The van der Waals surface area contributed by atoms with Crippen LogP contribution >= 0.6 is 11.8 Å². The van der Waals surface area contributed by atoms with Crippen molar-refractivity contribution < 1.29 is 13.9 Å². The Morgan fingerprint density at radius 3 is 2.59 bits per heavy atom. The Morgan fingerprint density at radius 1 is 1.12 bits per heavy atom. The van der Waals surface area contributed by atoms with Crippen LogP contribution < -0.4 is 10.1 Å². The quantitative estimate of drug-likeness (QED) is 0.409. The number of amides is 1. The first kappa shape index (κ1) is 23.8. The second kappa shape index (κ2) is 12.3. The van der Waals surface area contributed by atoms with Gasteiger partial charge in [0.25, 0.3) is 5.91 Å². The lowest BCUT2D eigenvalue weighted by molar-refractivity contribution is 0.0952. The van der Waals surface area contributed by atoms with Crippen molar-refractivity contribution in [2.24, 2.45) is 0 Å². The molecule has 0 aliphatic heterocycles. The van der Waals surface area contributed by atoms with Gasteiger partial charge in [0.05, 0.1) is 11.9 Å². The Morgan fingerprint density at radius 2 is 1.88 bits per heavy atom. The van der Waals surface area contributed by atoms with Crippen molar-refractivity contribution in [2.45, 2.75) is 18.6 Å². The van der Waals surface area contributed by atoms with Crippen LogP contribution in [-0.4, -0.2) is 60.5 Å². The summed E-state index contributed by atoms with van der Waals surface area (Å²) in [5, 5.41) is 11.4. The van der Waals surface area contributed by atoms with Gasteiger partial charge in [-0.2, -0.15) is 0 Å². The molecule has 0 aliphatic carbocycles. The minimum Gasteiger partial charge on any atom is -0.493 e. The van der Waals surface area contributed by atoms with Crippen LogP contribution in [0.1, 0.15) is 34.8 Å². The van der Waals surface area contributed by atoms with Gasteiger partial charge in [-0.3, -0.25) is 4.79 Å². The fourth-order valence-corrected chi connectivity index (χ4v) is 3.72. The third-order valence-corrected chi connectivity index (χ3v) is 5.82. The molecule has 0 fully saturated rings. The van der Waals surface area contributed by atoms with Crippen LogP contribution in [0, 0.1) is 0 Å². The second-order valence-electron chi connectivity index (χ2n) is 7.61. The maximum absolute atomic E-state index is 12.3. The van der Waals surface area contributed by atoms with Crippen molar-refractivity contribution in [2.75, 3.05) is 39.5 Å². The molecule has 8 heteroatoms. The minimum atomic E-state index is -0.0794. The Balaban J connectivity index is 1.46. The van der Waals surface area contributed by atoms with Crippen LogP contribution in [0.5, 0.6) is 5.75 Å². The summed E-state index contributed by atoms with van der Waals surface area (Å²) in [4.78, 5) is 14.4. The molecule has 0 saturated carbocycles. The zero-order valence-corrected chi connectivity index (χ0v) is 19.6. The van der Waals surface area contributed by atoms with Gasteiger partial charge in [0.1, 0.15) is 5.75 Å². The number of nitrogens with one attached hydrogen (secondary N) is 1. The number of carbonyl (C=O) groups is 1. The number of ether oxygens (including phenoxy) is 1. The monoisotopic (exact) mass is 454 g/mol. The predicted molar refractivity (Wildman–Crippen MR) is 128 cm³/mol. The number of nitrogens with zero attached hydrogens (tertiary/aromatic N) is 3. The van der Waals surface area contributed by atoms with Crippen molar-refractivity contribution >= 4 is 17.7 Å². The summed E-state index contributed by atoms with van der Waals surface area (Å²) in [5.74, 6) is 2.63. The normalized spacial score (nSPS) is 12.0. The first-order valence-electron chi connectivity index (χ1n) is 10.7. The molecule has 1 heterocycles. The fourth-order valence-electron chi connectivity index (χ4n) is 2.95. The molecule has 0 aliphatic rings. The van der Waals surface area contributed by atoms with E-state index >= 15 is 0 Å². The fraction of sp³-hybridized carbons (Fsp3) is 0.375. The molecule has 2 aromatic carbocycles. The summed E-state index contributed by atoms with van der Waals surface area (Å²) in [7, 11) is 4.03. The Hall–Kier alpha value is -2.84. The highest BCUT2D eigenvalue weighted by Crippen LogP contribution is 2.29. The number of para-hydroxylation sites is 1. The van der Waals surface area contributed by atoms with Crippen LogP contribution in [-0.2, 0) is 0 Å². The van der Waals surface area contributed by atoms with E-state index in [4.69, 9.17) is 9.15 Å². The molecule has 0 bridgehead atoms. The van der Waals surface area contributed by atoms with Crippen molar-refractivity contribution in [1.82, 2.24) is 20.4 Å². The van der Waals surface area contributed by atoms with Crippen LogP contribution in [0.3, 0.4) is 0 Å². The van der Waals surface area contributed by atoms with Gasteiger partial charge >= 0.3 is 0 Å². The summed E-state index contributed by atoms with van der Waals surface area (Å²) in [6.45, 7) is 4.24. The third kappa shape index (κ3) is 7.39. The zero-order valence-electron chi connectivity index (χ0n) is 18.8. The van der Waals surface area contributed by atoms with Crippen LogP contribution in [0.15, 0.2) is 59.0 Å². The molecule has 0 radical (unpaired) electrons. The Kier molecular flexibility index (Phi) is 9.13. The first-order chi connectivity index (χ1) is 15.5. The van der Waals surface area contributed by atoms with Gasteiger partial charge in [-0.25, -0.2) is 0 Å². The lowest BCUT2D eigenvalue weighted by Crippen LogP contribution is -2.27. The van der Waals surface area contributed by atoms with Crippen molar-refractivity contribution in [3.8, 4) is 17.2 Å². The highest BCUT2D eigenvalue weighted by molar-refractivity contribution is 7.99. The van der Waals surface area contributed by atoms with Gasteiger partial charge in [0.15, 0.2) is 0 Å². The van der Waals surface area contributed by atoms with Gasteiger partial charge in [0.2, 0.25) is 11.8 Å². The first-order valence-corrected chi connectivity index (χ1v) is 11.7. The van der Waals surface area contributed by atoms with Gasteiger partial charge < -0.3 is 19.4 Å². The van der Waals surface area contributed by atoms with E-state index in [1.54, 1.807) is 23.9 Å². The standard InChI is InChI=1S/C24H30N4O3S/c1-18(32-17-16-30-21-8-5-4-6-9-21)23-26-27-24(31-23)20-12-10-19(11-13-20)22(29)25-14-7-15-28(2)3/h4-6,8-13,18H,7,14-17H2,1-3H3,(H,25,29). The molecule has 0 spiro atoms. The number of benzene rings is 2. The molecule has 1 atom stereocenters. The highest BCUT2D eigenvalue weighted by atomic mass is 32.2. The largest absolute Gasteiger partial charge is 0.493 e. The smallest absolute Gasteiger partial charge is 0.251 e. The van der Waals surface area contributed by atoms with Crippen molar-refractivity contribution in [3.63, 3.8) is 0 Å². The van der Waals surface area contributed by atoms with E-state index in [0.717, 1.165) is 30.0 Å². The number of hydrogen-bond donors (Lipinski definition) is 1. The van der Waals surface area contributed by atoms with E-state index in [9.17, 15) is 4.79 Å². The number of carbonyl (C=O) groups excluding carboxylic acids is 1. The molecule has 1 amide bonds. The number of hydrogen-bond acceptors (Lipinski definition) is 7. The van der Waals surface area contributed by atoms with Gasteiger partial charge in [-0.1, -0.05) is 18.2 Å². The van der Waals surface area contributed by atoms with E-state index in [2.05, 4.69) is 20.4 Å². The molecule has 3 aromatic rings. The molecule has 3 rings (SSSR count). The number of thioether (sulfide) groups is 1. The van der Waals surface area contributed by atoms with E-state index < -0.39 is 0 Å². The second-order valence-corrected chi connectivity index (χ2v) is 9.06. The van der Waals surface area contributed by atoms with E-state index in [-0.39, 0.29) is 11.2 Å². The Bertz CT molecular complexity index is 961. The predicted octanol–water partition coefficient (Wildman–Crippen LogP) is 4.29. The molecule has 1 aromatic heterocycles. The van der Waals surface area contributed by atoms with E-state index in [1.807, 2.05) is 63.5 Å². The molecule has 0 saturated heterocycles. The maximum atomic E-state index is 12.3. The lowest BCUT2D eigenvalue weighted by atomic mass is 10.1. The molecule has 1 N–H and O–H groups in total. The summed E-state index contributed by atoms with van der Waals surface area (Å²) in [6.07, 6.45) is 0.913. The van der Waals surface area contributed by atoms with Crippen LogP contribution in [0.4, 0.5) is 0 Å². The minimum absolute atomic E-state index is 0.0582. The average Bonchev–Trinajstić information content (AvgIpc) is 3.30. The van der Waals surface area contributed by atoms with Gasteiger partial charge in [-0.15, -0.1) is 22.0 Å². The molecular weight excluding hydrogens is 424 g/mol. The van der Waals surface area contributed by atoms with E-state index in [1.165, 1.54) is 0 Å². The lowest BCUT2D eigenvalue weighted by Gasteiger charge is -2.10. The molecule has 170 valence electrons. The molecule has 1 unspecified atom stereocenters. The summed E-state index contributed by atoms with van der Waals surface area (Å²) in [6, 6.07) is 17.0. The Labute approximate surface area is 193 Å². The van der Waals surface area contributed by atoms with Crippen LogP contribution in [0.2, 0.25) is 0 Å². The SMILES string of the molecule is CC(SCCOc1ccccc1)c1nnc(-c2ccc(C(=O)NCCCN(C)C)cc2)o1. The van der Waals surface area contributed by atoms with Crippen LogP contribution in [0.25, 0.3) is 11.5 Å². The zero-order chi connectivity index (χ0) is 22.8. The number of rotatable bonds is 12. The molecule has 32 heavy (non-hydrogen) atoms. The summed E-state index contributed by atoms with van der Waals surface area (Å²) < 4.78 is 11.6. The maximum Gasteiger partial charge on any atom is 0.251 e. The highest BCUT2D eigenvalue weighted by Gasteiger charge is 2.16. The molecular formula is C24H30N4O3S. The number of aromatic nitrogens is 2. The summed E-state index contributed by atoms with van der Waals surface area (Å²) in [5.41, 5.74) is 1.40.